The first-order chi connectivity index (χ1) is 6.77. The summed E-state index contributed by atoms with van der Waals surface area (Å²) in [5.41, 5.74) is 0. The topological polar surface area (TPSA) is 55.7 Å². The molecule has 4 nitrogen and oxygen atoms in total. The predicted molar refractivity (Wildman–Crippen MR) is 54.1 cm³/mol. The number of β-amino-alcohol motifs (C(OH)–C–C–N with tert-alkyl or cyclic N) is 1. The molecule has 2 aliphatic rings. The van der Waals surface area contributed by atoms with Crippen molar-refractivity contribution in [1.29, 1.82) is 0 Å². The molecule has 0 aromatic carbocycles. The average Bonchev–Trinajstić information content (AvgIpc) is 2.20. The minimum absolute atomic E-state index is 0.120. The molecule has 0 saturated carbocycles. The zero-order valence-electron chi connectivity index (χ0n) is 8.52. The normalized spacial score (nSPS) is 37.3. The largest absolute Gasteiger partial charge is 0.393 e. The molecule has 0 unspecified atom stereocenters. The van der Waals surface area contributed by atoms with Gasteiger partial charge in [-0.3, -0.25) is 4.90 Å². The molecular weight excluding hydrogens is 180 g/mol. The molecule has 0 bridgehead atoms. The lowest BCUT2D eigenvalue weighted by atomic mass is 9.98. The number of aliphatic hydroxyl groups is 2. The molecule has 0 aromatic rings. The summed E-state index contributed by atoms with van der Waals surface area (Å²) >= 11 is 0. The Morgan fingerprint density at radius 2 is 1.79 bits per heavy atom. The van der Waals surface area contributed by atoms with Gasteiger partial charge in [-0.2, -0.15) is 0 Å². The van der Waals surface area contributed by atoms with Gasteiger partial charge in [0.25, 0.3) is 0 Å². The van der Waals surface area contributed by atoms with Crippen molar-refractivity contribution >= 4 is 0 Å². The second kappa shape index (κ2) is 4.57. The summed E-state index contributed by atoms with van der Waals surface area (Å²) in [6.07, 6.45) is 2.38. The molecule has 82 valence electrons. The van der Waals surface area contributed by atoms with E-state index in [4.69, 9.17) is 0 Å². The van der Waals surface area contributed by atoms with Crippen molar-refractivity contribution in [2.24, 2.45) is 0 Å². The van der Waals surface area contributed by atoms with E-state index in [2.05, 4.69) is 10.2 Å². The van der Waals surface area contributed by atoms with Crippen molar-refractivity contribution in [3.63, 3.8) is 0 Å². The molecule has 0 radical (unpaired) electrons. The molecule has 3 N–H and O–H groups in total. The maximum Gasteiger partial charge on any atom is 0.0819 e. The van der Waals surface area contributed by atoms with Gasteiger partial charge in [0.1, 0.15) is 0 Å². The first kappa shape index (κ1) is 10.4. The van der Waals surface area contributed by atoms with Gasteiger partial charge in [0, 0.05) is 25.7 Å². The summed E-state index contributed by atoms with van der Waals surface area (Å²) in [4.78, 5) is 2.33. The van der Waals surface area contributed by atoms with Crippen LogP contribution < -0.4 is 5.32 Å². The fourth-order valence-electron chi connectivity index (χ4n) is 2.47. The van der Waals surface area contributed by atoms with Crippen LogP contribution in [0, 0.1) is 0 Å². The van der Waals surface area contributed by atoms with Gasteiger partial charge in [0.15, 0.2) is 0 Å². The monoisotopic (exact) mass is 200 g/mol. The Labute approximate surface area is 84.9 Å². The third-order valence-electron chi connectivity index (χ3n) is 3.38. The van der Waals surface area contributed by atoms with E-state index in [1.54, 1.807) is 0 Å². The minimum Gasteiger partial charge on any atom is -0.393 e. The maximum atomic E-state index is 9.82. The van der Waals surface area contributed by atoms with Crippen molar-refractivity contribution < 1.29 is 10.2 Å². The van der Waals surface area contributed by atoms with Crippen molar-refractivity contribution in [3.8, 4) is 0 Å². The highest BCUT2D eigenvalue weighted by Gasteiger charge is 2.30. The van der Waals surface area contributed by atoms with E-state index in [9.17, 15) is 10.2 Å². The SMILES string of the molecule is OC1CCN([C@@H]2CCNC[C@H]2O)CC1. The Bertz CT molecular complexity index is 181. The summed E-state index contributed by atoms with van der Waals surface area (Å²) < 4.78 is 0. The van der Waals surface area contributed by atoms with Crippen LogP contribution in [0.15, 0.2) is 0 Å². The van der Waals surface area contributed by atoms with E-state index in [-0.39, 0.29) is 12.2 Å². The summed E-state index contributed by atoms with van der Waals surface area (Å²) in [7, 11) is 0. The number of nitrogens with zero attached hydrogens (tertiary/aromatic N) is 1. The summed E-state index contributed by atoms with van der Waals surface area (Å²) in [5, 5.41) is 22.4. The first-order valence-electron chi connectivity index (χ1n) is 5.58. The summed E-state index contributed by atoms with van der Waals surface area (Å²) in [5.74, 6) is 0. The van der Waals surface area contributed by atoms with Crippen LogP contribution in [-0.2, 0) is 0 Å². The number of rotatable bonds is 1. The van der Waals surface area contributed by atoms with Gasteiger partial charge in [-0.1, -0.05) is 0 Å². The number of hydrogen-bond donors (Lipinski definition) is 3. The van der Waals surface area contributed by atoms with E-state index in [1.807, 2.05) is 0 Å². The number of nitrogens with one attached hydrogen (secondary N) is 1. The number of hydrogen-bond acceptors (Lipinski definition) is 4. The van der Waals surface area contributed by atoms with Crippen molar-refractivity contribution in [2.45, 2.75) is 37.5 Å². The molecule has 2 heterocycles. The predicted octanol–water partition coefficient (Wildman–Crippen LogP) is -0.834. The van der Waals surface area contributed by atoms with Crippen molar-refractivity contribution in [3.05, 3.63) is 0 Å². The van der Waals surface area contributed by atoms with Gasteiger partial charge in [-0.05, 0) is 25.8 Å². The first-order valence-corrected chi connectivity index (χ1v) is 5.58. The fraction of sp³-hybridized carbons (Fsp3) is 1.00. The molecule has 14 heavy (non-hydrogen) atoms. The third kappa shape index (κ3) is 2.25. The van der Waals surface area contributed by atoms with Gasteiger partial charge in [-0.25, -0.2) is 0 Å². The molecule has 2 fully saturated rings. The van der Waals surface area contributed by atoms with Crippen molar-refractivity contribution in [1.82, 2.24) is 10.2 Å². The average molecular weight is 200 g/mol. The molecule has 2 rings (SSSR count). The van der Waals surface area contributed by atoms with Gasteiger partial charge < -0.3 is 15.5 Å². The molecule has 2 aliphatic heterocycles. The maximum absolute atomic E-state index is 9.82. The second-order valence-electron chi connectivity index (χ2n) is 4.39. The molecular formula is C10H20N2O2. The van der Waals surface area contributed by atoms with Crippen LogP contribution in [0.25, 0.3) is 0 Å². The Hall–Kier alpha value is -0.160. The zero-order valence-corrected chi connectivity index (χ0v) is 8.52. The van der Waals surface area contributed by atoms with Crippen LogP contribution in [0.4, 0.5) is 0 Å². The second-order valence-corrected chi connectivity index (χ2v) is 4.39. The van der Waals surface area contributed by atoms with Crippen LogP contribution >= 0.6 is 0 Å². The highest BCUT2D eigenvalue weighted by Crippen LogP contribution is 2.18. The summed E-state index contributed by atoms with van der Waals surface area (Å²) in [6.45, 7) is 3.58. The molecule has 4 heteroatoms. The quantitative estimate of drug-likeness (QED) is 0.517. The summed E-state index contributed by atoms with van der Waals surface area (Å²) in [6, 6.07) is 0.309. The van der Waals surface area contributed by atoms with Crippen LogP contribution in [0.5, 0.6) is 0 Å². The molecule has 2 atom stereocenters. The van der Waals surface area contributed by atoms with E-state index in [0.29, 0.717) is 12.6 Å². The van der Waals surface area contributed by atoms with Gasteiger partial charge in [0.2, 0.25) is 0 Å². The lowest BCUT2D eigenvalue weighted by Crippen LogP contribution is -2.55. The standard InChI is InChI=1S/C10H20N2O2/c13-8-2-5-12(6-3-8)9-1-4-11-7-10(9)14/h8-11,13-14H,1-7H2/t9-,10-/m1/s1. The van der Waals surface area contributed by atoms with Gasteiger partial charge in [0.05, 0.1) is 12.2 Å². The van der Waals surface area contributed by atoms with E-state index < -0.39 is 0 Å². The number of likely N-dealkylation sites (tertiary alicyclic amines) is 1. The van der Waals surface area contributed by atoms with Crippen LogP contribution in [-0.4, -0.2) is 59.5 Å². The Kier molecular flexibility index (Phi) is 3.38. The molecule has 0 aromatic heterocycles. The lowest BCUT2D eigenvalue weighted by Gasteiger charge is -2.40. The number of aliphatic hydroxyl groups excluding tert-OH is 2. The molecule has 0 aliphatic carbocycles. The van der Waals surface area contributed by atoms with E-state index in [0.717, 1.165) is 38.9 Å². The van der Waals surface area contributed by atoms with E-state index >= 15 is 0 Å². The molecule has 0 spiro atoms. The Morgan fingerprint density at radius 1 is 1.07 bits per heavy atom. The number of piperidine rings is 2. The van der Waals surface area contributed by atoms with Crippen LogP contribution in [0.1, 0.15) is 19.3 Å². The molecule has 0 amide bonds. The Morgan fingerprint density at radius 3 is 2.43 bits per heavy atom. The van der Waals surface area contributed by atoms with Gasteiger partial charge in [-0.15, -0.1) is 0 Å². The van der Waals surface area contributed by atoms with Crippen LogP contribution in [0.2, 0.25) is 0 Å². The lowest BCUT2D eigenvalue weighted by molar-refractivity contribution is -0.00508. The smallest absolute Gasteiger partial charge is 0.0819 e. The molecule has 2 saturated heterocycles. The fourth-order valence-corrected chi connectivity index (χ4v) is 2.47. The van der Waals surface area contributed by atoms with Crippen LogP contribution in [0.3, 0.4) is 0 Å². The van der Waals surface area contributed by atoms with E-state index in [1.165, 1.54) is 0 Å². The third-order valence-corrected chi connectivity index (χ3v) is 3.38. The highest BCUT2D eigenvalue weighted by molar-refractivity contribution is 4.87. The Balaban J connectivity index is 1.87. The minimum atomic E-state index is -0.237. The van der Waals surface area contributed by atoms with Gasteiger partial charge >= 0.3 is 0 Å². The zero-order chi connectivity index (χ0) is 9.97. The van der Waals surface area contributed by atoms with Crippen molar-refractivity contribution in [2.75, 3.05) is 26.2 Å². The highest BCUT2D eigenvalue weighted by atomic mass is 16.3.